The Labute approximate surface area is 180 Å². The van der Waals surface area contributed by atoms with E-state index in [4.69, 9.17) is 4.74 Å². The third-order valence-electron chi connectivity index (χ3n) is 4.74. The molecule has 1 aromatic heterocycles. The summed E-state index contributed by atoms with van der Waals surface area (Å²) in [5, 5.41) is 2.34. The van der Waals surface area contributed by atoms with Crippen LogP contribution in [-0.4, -0.2) is 16.9 Å². The average Bonchev–Trinajstić information content (AvgIpc) is 3.16. The SMILES string of the molecule is CC(=O)N(c1ccc(C)c(C)c1)c1nc(COC(=O)/C=C/c2ccccc2C)cs1. The third-order valence-corrected chi connectivity index (χ3v) is 5.62. The summed E-state index contributed by atoms with van der Waals surface area (Å²) in [5.41, 5.74) is 5.68. The minimum absolute atomic E-state index is 0.0477. The number of ether oxygens (including phenoxy) is 1. The molecule has 0 bridgehead atoms. The molecular weight excluding hydrogens is 396 g/mol. The molecule has 154 valence electrons. The van der Waals surface area contributed by atoms with Crippen LogP contribution in [0.2, 0.25) is 0 Å². The fourth-order valence-electron chi connectivity index (χ4n) is 2.88. The number of anilines is 2. The first-order chi connectivity index (χ1) is 14.3. The van der Waals surface area contributed by atoms with Gasteiger partial charge < -0.3 is 4.74 Å². The van der Waals surface area contributed by atoms with Gasteiger partial charge in [0.25, 0.3) is 0 Å². The van der Waals surface area contributed by atoms with Crippen molar-refractivity contribution in [1.82, 2.24) is 4.98 Å². The van der Waals surface area contributed by atoms with Gasteiger partial charge in [-0.2, -0.15) is 0 Å². The van der Waals surface area contributed by atoms with E-state index in [0.29, 0.717) is 10.8 Å². The van der Waals surface area contributed by atoms with Crippen LogP contribution in [0.15, 0.2) is 53.9 Å². The molecule has 1 amide bonds. The molecule has 0 aliphatic heterocycles. The lowest BCUT2D eigenvalue weighted by Gasteiger charge is -2.19. The van der Waals surface area contributed by atoms with Crippen molar-refractivity contribution in [2.45, 2.75) is 34.3 Å². The van der Waals surface area contributed by atoms with E-state index in [2.05, 4.69) is 4.98 Å². The number of carbonyl (C=O) groups excluding carboxylic acids is 2. The maximum absolute atomic E-state index is 12.3. The van der Waals surface area contributed by atoms with Gasteiger partial charge in [-0.3, -0.25) is 9.69 Å². The van der Waals surface area contributed by atoms with Gasteiger partial charge in [0.2, 0.25) is 5.91 Å². The molecule has 0 saturated heterocycles. The molecule has 3 aromatic rings. The second kappa shape index (κ2) is 9.50. The van der Waals surface area contributed by atoms with Crippen LogP contribution < -0.4 is 4.90 Å². The topological polar surface area (TPSA) is 59.5 Å². The molecule has 0 spiro atoms. The first kappa shape index (κ1) is 21.5. The zero-order valence-electron chi connectivity index (χ0n) is 17.5. The van der Waals surface area contributed by atoms with E-state index >= 15 is 0 Å². The molecule has 30 heavy (non-hydrogen) atoms. The summed E-state index contributed by atoms with van der Waals surface area (Å²) in [5.74, 6) is -0.567. The van der Waals surface area contributed by atoms with Gasteiger partial charge >= 0.3 is 5.97 Å². The van der Waals surface area contributed by atoms with Gasteiger partial charge in [-0.1, -0.05) is 30.3 Å². The van der Waals surface area contributed by atoms with Crippen LogP contribution in [0.5, 0.6) is 0 Å². The van der Waals surface area contributed by atoms with Crippen molar-refractivity contribution in [1.29, 1.82) is 0 Å². The van der Waals surface area contributed by atoms with Gasteiger partial charge in [0.15, 0.2) is 5.13 Å². The molecule has 0 fully saturated rings. The molecule has 0 unspecified atom stereocenters. The number of esters is 1. The van der Waals surface area contributed by atoms with Crippen LogP contribution in [0.4, 0.5) is 10.8 Å². The quantitative estimate of drug-likeness (QED) is 0.390. The van der Waals surface area contributed by atoms with Crippen LogP contribution in [0, 0.1) is 20.8 Å². The van der Waals surface area contributed by atoms with E-state index in [1.54, 1.807) is 16.4 Å². The van der Waals surface area contributed by atoms with Crippen molar-refractivity contribution < 1.29 is 14.3 Å². The van der Waals surface area contributed by atoms with Crippen molar-refractivity contribution in [3.63, 3.8) is 0 Å². The van der Waals surface area contributed by atoms with Crippen LogP contribution in [0.25, 0.3) is 6.08 Å². The fourth-order valence-corrected chi connectivity index (χ4v) is 3.75. The number of aromatic nitrogens is 1. The number of thiazole rings is 1. The van der Waals surface area contributed by atoms with E-state index < -0.39 is 5.97 Å². The Morgan fingerprint density at radius 3 is 2.53 bits per heavy atom. The lowest BCUT2D eigenvalue weighted by molar-refractivity contribution is -0.139. The van der Waals surface area contributed by atoms with Gasteiger partial charge in [-0.15, -0.1) is 11.3 Å². The normalized spacial score (nSPS) is 10.9. The molecule has 0 atom stereocenters. The fraction of sp³-hybridized carbons (Fsp3) is 0.208. The first-order valence-electron chi connectivity index (χ1n) is 9.58. The van der Waals surface area contributed by atoms with Crippen LogP contribution >= 0.6 is 11.3 Å². The molecule has 0 aliphatic carbocycles. The van der Waals surface area contributed by atoms with Crippen LogP contribution in [0.3, 0.4) is 0 Å². The van der Waals surface area contributed by atoms with Crippen molar-refractivity contribution in [2.24, 2.45) is 0 Å². The van der Waals surface area contributed by atoms with Gasteiger partial charge in [-0.25, -0.2) is 9.78 Å². The van der Waals surface area contributed by atoms with Gasteiger partial charge in [-0.05, 0) is 61.2 Å². The van der Waals surface area contributed by atoms with Gasteiger partial charge in [0, 0.05) is 18.4 Å². The highest BCUT2D eigenvalue weighted by Gasteiger charge is 2.18. The lowest BCUT2D eigenvalue weighted by Crippen LogP contribution is -2.22. The Kier molecular flexibility index (Phi) is 6.79. The largest absolute Gasteiger partial charge is 0.456 e. The summed E-state index contributed by atoms with van der Waals surface area (Å²) in [6.07, 6.45) is 3.15. The van der Waals surface area contributed by atoms with Crippen LogP contribution in [0.1, 0.15) is 34.9 Å². The Hall–Kier alpha value is -3.25. The summed E-state index contributed by atoms with van der Waals surface area (Å²) < 4.78 is 5.30. The Morgan fingerprint density at radius 1 is 1.07 bits per heavy atom. The maximum atomic E-state index is 12.3. The average molecular weight is 421 g/mol. The number of aryl methyl sites for hydroxylation is 3. The zero-order chi connectivity index (χ0) is 21.7. The lowest BCUT2D eigenvalue weighted by atomic mass is 10.1. The molecule has 3 rings (SSSR count). The predicted molar refractivity (Wildman–Crippen MR) is 121 cm³/mol. The number of carbonyl (C=O) groups is 2. The highest BCUT2D eigenvalue weighted by molar-refractivity contribution is 7.14. The maximum Gasteiger partial charge on any atom is 0.331 e. The molecule has 2 aromatic carbocycles. The predicted octanol–water partition coefficient (Wildman–Crippen LogP) is 5.51. The minimum Gasteiger partial charge on any atom is -0.456 e. The van der Waals surface area contributed by atoms with Crippen molar-refractivity contribution in [2.75, 3.05) is 4.90 Å². The number of amides is 1. The first-order valence-corrected chi connectivity index (χ1v) is 10.5. The molecule has 6 heteroatoms. The van der Waals surface area contributed by atoms with E-state index in [9.17, 15) is 9.59 Å². The molecule has 0 N–H and O–H groups in total. The van der Waals surface area contributed by atoms with Gasteiger partial charge in [0.1, 0.15) is 6.61 Å². The summed E-state index contributed by atoms with van der Waals surface area (Å²) in [6, 6.07) is 13.7. The molecule has 0 aliphatic rings. The van der Waals surface area contributed by atoms with Crippen molar-refractivity contribution in [3.8, 4) is 0 Å². The van der Waals surface area contributed by atoms with Crippen molar-refractivity contribution in [3.05, 3.63) is 81.9 Å². The number of hydrogen-bond acceptors (Lipinski definition) is 5. The summed E-state index contributed by atoms with van der Waals surface area (Å²) in [4.78, 5) is 30.4. The van der Waals surface area contributed by atoms with E-state index in [1.165, 1.54) is 24.3 Å². The summed E-state index contributed by atoms with van der Waals surface area (Å²) in [6.45, 7) is 7.58. The number of hydrogen-bond donors (Lipinski definition) is 0. The summed E-state index contributed by atoms with van der Waals surface area (Å²) >= 11 is 1.34. The third kappa shape index (κ3) is 5.21. The minimum atomic E-state index is -0.439. The highest BCUT2D eigenvalue weighted by atomic mass is 32.1. The smallest absolute Gasteiger partial charge is 0.331 e. The molecular formula is C24H24N2O3S. The molecule has 0 radical (unpaired) electrons. The zero-order valence-corrected chi connectivity index (χ0v) is 18.3. The Morgan fingerprint density at radius 2 is 1.83 bits per heavy atom. The van der Waals surface area contributed by atoms with Gasteiger partial charge in [0.05, 0.1) is 11.4 Å². The second-order valence-electron chi connectivity index (χ2n) is 7.04. The second-order valence-corrected chi connectivity index (χ2v) is 7.88. The molecule has 5 nitrogen and oxygen atoms in total. The standard InChI is InChI=1S/C24H24N2O3S/c1-16-9-11-22(13-18(16)3)26(19(4)27)24-25-21(15-30-24)14-29-23(28)12-10-20-8-6-5-7-17(20)2/h5-13,15H,14H2,1-4H3/b12-10+. The van der Waals surface area contributed by atoms with E-state index in [0.717, 1.165) is 27.9 Å². The molecule has 0 saturated carbocycles. The van der Waals surface area contributed by atoms with Crippen LogP contribution in [-0.2, 0) is 20.9 Å². The van der Waals surface area contributed by atoms with E-state index in [-0.39, 0.29) is 12.5 Å². The summed E-state index contributed by atoms with van der Waals surface area (Å²) in [7, 11) is 0. The van der Waals surface area contributed by atoms with E-state index in [1.807, 2.05) is 63.2 Å². The Bertz CT molecular complexity index is 1100. The van der Waals surface area contributed by atoms with Crippen molar-refractivity contribution >= 4 is 40.1 Å². The Balaban J connectivity index is 1.67. The highest BCUT2D eigenvalue weighted by Crippen LogP contribution is 2.30. The number of benzene rings is 2. The number of nitrogens with zero attached hydrogens (tertiary/aromatic N) is 2. The molecule has 1 heterocycles. The number of rotatable bonds is 6. The monoisotopic (exact) mass is 420 g/mol.